The van der Waals surface area contributed by atoms with Gasteiger partial charge >= 0.3 is 5.97 Å². The van der Waals surface area contributed by atoms with Crippen LogP contribution in [0.25, 0.3) is 0 Å². The van der Waals surface area contributed by atoms with Crippen LogP contribution in [0.5, 0.6) is 5.75 Å². The normalized spacial score (nSPS) is 9.95. The van der Waals surface area contributed by atoms with E-state index >= 15 is 0 Å². The van der Waals surface area contributed by atoms with E-state index in [9.17, 15) is 4.79 Å². The zero-order valence-corrected chi connectivity index (χ0v) is 11.8. The van der Waals surface area contributed by atoms with E-state index in [1.54, 1.807) is 0 Å². The van der Waals surface area contributed by atoms with Crippen LogP contribution in [0, 0.1) is 0 Å². The van der Waals surface area contributed by atoms with E-state index in [1.807, 2.05) is 30.3 Å². The quantitative estimate of drug-likeness (QED) is 0.621. The maximum atomic E-state index is 11.2. The third-order valence-corrected chi connectivity index (χ3v) is 2.69. The van der Waals surface area contributed by atoms with Crippen molar-refractivity contribution in [1.29, 1.82) is 0 Å². The van der Waals surface area contributed by atoms with Crippen molar-refractivity contribution in [3.63, 3.8) is 0 Å². The summed E-state index contributed by atoms with van der Waals surface area (Å²) in [6.07, 6.45) is 3.72. The van der Waals surface area contributed by atoms with Gasteiger partial charge in [-0.1, -0.05) is 18.2 Å². The Balaban J connectivity index is 1.68. The predicted octanol–water partition coefficient (Wildman–Crippen LogP) is 2.14. The number of esters is 1. The highest BCUT2D eigenvalue weighted by Crippen LogP contribution is 2.08. The molecular formula is C15H17N3O3. The van der Waals surface area contributed by atoms with Crippen LogP contribution in [0.2, 0.25) is 0 Å². The van der Waals surface area contributed by atoms with Crippen LogP contribution >= 0.6 is 0 Å². The van der Waals surface area contributed by atoms with E-state index in [1.165, 1.54) is 19.5 Å². The second-order valence-electron chi connectivity index (χ2n) is 4.22. The van der Waals surface area contributed by atoms with Crippen molar-refractivity contribution in [2.75, 3.05) is 25.6 Å². The molecule has 1 aromatic heterocycles. The number of ether oxygens (including phenoxy) is 2. The van der Waals surface area contributed by atoms with E-state index in [0.717, 1.165) is 12.2 Å². The van der Waals surface area contributed by atoms with Crippen LogP contribution in [0.3, 0.4) is 0 Å². The fraction of sp³-hybridized carbons (Fsp3) is 0.267. The Morgan fingerprint density at radius 1 is 1.19 bits per heavy atom. The van der Waals surface area contributed by atoms with Gasteiger partial charge in [0.05, 0.1) is 26.1 Å². The van der Waals surface area contributed by atoms with Crippen molar-refractivity contribution >= 4 is 11.8 Å². The molecule has 1 heterocycles. The fourth-order valence-electron chi connectivity index (χ4n) is 1.62. The molecule has 0 bridgehead atoms. The minimum absolute atomic E-state index is 0.190. The smallest absolute Gasteiger partial charge is 0.358 e. The number of anilines is 1. The zero-order chi connectivity index (χ0) is 14.9. The SMILES string of the molecule is COC(=O)c1cnc(NCCCOc2ccccc2)cn1. The lowest BCUT2D eigenvalue weighted by Crippen LogP contribution is -2.10. The minimum atomic E-state index is -0.495. The molecule has 1 aromatic carbocycles. The van der Waals surface area contributed by atoms with Gasteiger partial charge in [-0.15, -0.1) is 0 Å². The van der Waals surface area contributed by atoms with Crippen LogP contribution in [-0.4, -0.2) is 36.2 Å². The van der Waals surface area contributed by atoms with Gasteiger partial charge in [0.2, 0.25) is 0 Å². The van der Waals surface area contributed by atoms with Gasteiger partial charge in [0.25, 0.3) is 0 Å². The number of aromatic nitrogens is 2. The molecule has 0 radical (unpaired) electrons. The van der Waals surface area contributed by atoms with Gasteiger partial charge in [-0.25, -0.2) is 14.8 Å². The lowest BCUT2D eigenvalue weighted by molar-refractivity contribution is 0.0593. The van der Waals surface area contributed by atoms with E-state index < -0.39 is 5.97 Å². The average Bonchev–Trinajstić information content (AvgIpc) is 2.55. The minimum Gasteiger partial charge on any atom is -0.494 e. The van der Waals surface area contributed by atoms with Crippen molar-refractivity contribution in [3.05, 3.63) is 48.4 Å². The van der Waals surface area contributed by atoms with Crippen molar-refractivity contribution in [3.8, 4) is 5.75 Å². The first-order valence-electron chi connectivity index (χ1n) is 6.61. The predicted molar refractivity (Wildman–Crippen MR) is 78.4 cm³/mol. The second-order valence-corrected chi connectivity index (χ2v) is 4.22. The lowest BCUT2D eigenvalue weighted by Gasteiger charge is -2.07. The standard InChI is InChI=1S/C15H17N3O3/c1-20-15(19)13-10-18-14(11-17-13)16-8-5-9-21-12-6-3-2-4-7-12/h2-4,6-7,10-11H,5,8-9H2,1H3,(H,16,18). The van der Waals surface area contributed by atoms with Gasteiger partial charge in [-0.2, -0.15) is 0 Å². The molecule has 2 rings (SSSR count). The van der Waals surface area contributed by atoms with Crippen LogP contribution in [0.1, 0.15) is 16.9 Å². The summed E-state index contributed by atoms with van der Waals surface area (Å²) in [5.41, 5.74) is 0.190. The maximum absolute atomic E-state index is 11.2. The van der Waals surface area contributed by atoms with Gasteiger partial charge in [-0.05, 0) is 18.6 Å². The molecule has 0 saturated carbocycles. The number of methoxy groups -OCH3 is 1. The van der Waals surface area contributed by atoms with Crippen molar-refractivity contribution in [2.24, 2.45) is 0 Å². The van der Waals surface area contributed by atoms with Crippen LogP contribution < -0.4 is 10.1 Å². The van der Waals surface area contributed by atoms with E-state index in [0.29, 0.717) is 19.0 Å². The second kappa shape index (κ2) is 7.84. The van der Waals surface area contributed by atoms with Gasteiger partial charge in [-0.3, -0.25) is 0 Å². The molecule has 6 nitrogen and oxygen atoms in total. The molecule has 0 aliphatic heterocycles. The molecule has 110 valence electrons. The van der Waals surface area contributed by atoms with Crippen LogP contribution in [0.4, 0.5) is 5.82 Å². The Morgan fingerprint density at radius 2 is 2.00 bits per heavy atom. The first-order chi connectivity index (χ1) is 10.3. The number of rotatable bonds is 7. The molecule has 0 atom stereocenters. The molecule has 0 saturated heterocycles. The number of carbonyl (C=O) groups excluding carboxylic acids is 1. The molecule has 6 heteroatoms. The first-order valence-corrected chi connectivity index (χ1v) is 6.61. The molecule has 0 unspecified atom stereocenters. The largest absolute Gasteiger partial charge is 0.494 e. The van der Waals surface area contributed by atoms with Crippen LogP contribution in [0.15, 0.2) is 42.7 Å². The Hall–Kier alpha value is -2.63. The first kappa shape index (κ1) is 14.8. The number of nitrogens with one attached hydrogen (secondary N) is 1. The Labute approximate surface area is 123 Å². The fourth-order valence-corrected chi connectivity index (χ4v) is 1.62. The Bertz CT molecular complexity index is 558. The maximum Gasteiger partial charge on any atom is 0.358 e. The number of carbonyl (C=O) groups is 1. The van der Waals surface area contributed by atoms with Crippen molar-refractivity contribution in [2.45, 2.75) is 6.42 Å². The number of para-hydroxylation sites is 1. The molecular weight excluding hydrogens is 270 g/mol. The average molecular weight is 287 g/mol. The highest BCUT2D eigenvalue weighted by atomic mass is 16.5. The van der Waals surface area contributed by atoms with E-state index in [2.05, 4.69) is 20.0 Å². The highest BCUT2D eigenvalue weighted by molar-refractivity contribution is 5.86. The summed E-state index contributed by atoms with van der Waals surface area (Å²) in [7, 11) is 1.31. The van der Waals surface area contributed by atoms with Gasteiger partial charge < -0.3 is 14.8 Å². The molecule has 21 heavy (non-hydrogen) atoms. The summed E-state index contributed by atoms with van der Waals surface area (Å²) in [5.74, 6) is 0.979. The summed E-state index contributed by atoms with van der Waals surface area (Å²) < 4.78 is 10.1. The Morgan fingerprint density at radius 3 is 2.67 bits per heavy atom. The molecule has 2 aromatic rings. The van der Waals surface area contributed by atoms with Gasteiger partial charge in [0.1, 0.15) is 11.6 Å². The van der Waals surface area contributed by atoms with Crippen molar-refractivity contribution < 1.29 is 14.3 Å². The van der Waals surface area contributed by atoms with Crippen molar-refractivity contribution in [1.82, 2.24) is 9.97 Å². The molecule has 0 aliphatic carbocycles. The number of nitrogens with zero attached hydrogens (tertiary/aromatic N) is 2. The highest BCUT2D eigenvalue weighted by Gasteiger charge is 2.06. The summed E-state index contributed by atoms with van der Waals surface area (Å²) in [6, 6.07) is 9.66. The Kier molecular flexibility index (Phi) is 5.51. The lowest BCUT2D eigenvalue weighted by atomic mass is 10.3. The topological polar surface area (TPSA) is 73.3 Å². The third-order valence-electron chi connectivity index (χ3n) is 2.69. The van der Waals surface area contributed by atoms with E-state index in [-0.39, 0.29) is 5.69 Å². The molecule has 0 spiro atoms. The number of hydrogen-bond acceptors (Lipinski definition) is 6. The monoisotopic (exact) mass is 287 g/mol. The molecule has 0 aliphatic rings. The van der Waals surface area contributed by atoms with E-state index in [4.69, 9.17) is 4.74 Å². The summed E-state index contributed by atoms with van der Waals surface area (Å²) in [5, 5.41) is 3.11. The van der Waals surface area contributed by atoms with Crippen LogP contribution in [-0.2, 0) is 4.74 Å². The summed E-state index contributed by atoms with van der Waals surface area (Å²) in [6.45, 7) is 1.32. The van der Waals surface area contributed by atoms with Gasteiger partial charge in [0, 0.05) is 6.54 Å². The summed E-state index contributed by atoms with van der Waals surface area (Å²) >= 11 is 0. The summed E-state index contributed by atoms with van der Waals surface area (Å²) in [4.78, 5) is 19.3. The zero-order valence-electron chi connectivity index (χ0n) is 11.8. The van der Waals surface area contributed by atoms with Gasteiger partial charge in [0.15, 0.2) is 5.69 Å². The third kappa shape index (κ3) is 4.76. The number of hydrogen-bond donors (Lipinski definition) is 1. The molecule has 1 N–H and O–H groups in total. The molecule has 0 amide bonds. The molecule has 0 fully saturated rings. The number of benzene rings is 1.